The summed E-state index contributed by atoms with van der Waals surface area (Å²) in [5.41, 5.74) is 8.80. The Hall–Kier alpha value is 0.380. The van der Waals surface area contributed by atoms with Crippen LogP contribution in [0.25, 0.3) is 0 Å². The van der Waals surface area contributed by atoms with Gasteiger partial charge < -0.3 is 21.7 Å². The molecule has 0 aromatic carbocycles. The molecule has 0 saturated heterocycles. The van der Waals surface area contributed by atoms with E-state index in [2.05, 4.69) is 35.9 Å². The van der Waals surface area contributed by atoms with Crippen LogP contribution in [0.1, 0.15) is 14.9 Å². The van der Waals surface area contributed by atoms with Crippen molar-refractivity contribution in [3.8, 4) is 0 Å². The Balaban J connectivity index is -0.0000000171. The van der Waals surface area contributed by atoms with Gasteiger partial charge in [-0.2, -0.15) is 0 Å². The molecule has 0 heterocycles. The maximum atomic E-state index is 7.56. The molecule has 0 amide bonds. The first-order chi connectivity index (χ1) is 3.46. The normalized spacial score (nSPS) is 4.36. The molecular weight excluding hydrogens is 195 g/mol. The summed E-state index contributed by atoms with van der Waals surface area (Å²) in [4.78, 5) is 0. The van der Waals surface area contributed by atoms with E-state index in [1.54, 1.807) is 0 Å². The predicted molar refractivity (Wildman–Crippen MR) is 59.4 cm³/mol. The number of aliphatic hydroxyl groups excluding tert-OH is 2. The summed E-state index contributed by atoms with van der Waals surface area (Å²) in [6.07, 6.45) is 0. The van der Waals surface area contributed by atoms with Gasteiger partial charge in [-0.25, -0.2) is 0 Å². The van der Waals surface area contributed by atoms with Crippen LogP contribution in [0.15, 0.2) is 0 Å². The average Bonchev–Trinajstić information content (AvgIpc) is 1.25. The van der Waals surface area contributed by atoms with Crippen LogP contribution in [0, 0.1) is 0 Å². The molecule has 0 aromatic heterocycles. The summed E-state index contributed by atoms with van der Waals surface area (Å²) in [6, 6.07) is 0. The van der Waals surface area contributed by atoms with Crippen molar-refractivity contribution < 1.29 is 10.2 Å². The zero-order valence-electron chi connectivity index (χ0n) is 3.87. The second kappa shape index (κ2) is 22.4. The molecule has 0 bridgehead atoms. The molecule has 0 unspecified atom stereocenters. The molecule has 0 fully saturated rings. The van der Waals surface area contributed by atoms with Crippen molar-refractivity contribution in [3.63, 3.8) is 0 Å². The molecule has 6 N–H and O–H groups in total. The topological polar surface area (TPSA) is 92.5 Å². The van der Waals surface area contributed by atoms with Gasteiger partial charge in [0.1, 0.15) is 0 Å². The summed E-state index contributed by atoms with van der Waals surface area (Å²) in [7, 11) is 0. The van der Waals surface area contributed by atoms with Gasteiger partial charge in [-0.15, -0.1) is 0 Å². The standard InChI is InChI=1S/2CH3NOS.2CH4.Na.H/c2*2-1(3)4;;;;/h2*(H3,2,3,4);2*1H4;;. The zero-order chi connectivity index (χ0) is 7.15. The van der Waals surface area contributed by atoms with Gasteiger partial charge in [0.25, 0.3) is 10.3 Å². The van der Waals surface area contributed by atoms with E-state index in [4.69, 9.17) is 10.2 Å². The molecule has 4 nitrogen and oxygen atoms in total. The number of hydrogen-bond donors (Lipinski definition) is 4. The summed E-state index contributed by atoms with van der Waals surface area (Å²) in [5.74, 6) is 0. The monoisotopic (exact) mass is 210 g/mol. The van der Waals surface area contributed by atoms with Crippen molar-refractivity contribution >= 4 is 64.3 Å². The minimum atomic E-state index is -0.500. The van der Waals surface area contributed by atoms with E-state index in [9.17, 15) is 0 Å². The Morgan fingerprint density at radius 2 is 0.909 bits per heavy atom. The van der Waals surface area contributed by atoms with E-state index in [1.165, 1.54) is 0 Å². The summed E-state index contributed by atoms with van der Waals surface area (Å²) in [5, 5.41) is 14.1. The molecule has 0 aliphatic rings. The first kappa shape index (κ1) is 30.1. The number of aliphatic hydroxyl groups is 2. The molecule has 11 heavy (non-hydrogen) atoms. The van der Waals surface area contributed by atoms with Gasteiger partial charge in [0.05, 0.1) is 0 Å². The molecule has 0 spiro atoms. The third kappa shape index (κ3) is 5050. The Morgan fingerprint density at radius 3 is 0.909 bits per heavy atom. The molecule has 66 valence electrons. The Morgan fingerprint density at radius 1 is 0.909 bits per heavy atom. The van der Waals surface area contributed by atoms with E-state index >= 15 is 0 Å². The molecular formula is C4H15N2NaO2S2. The molecule has 0 aliphatic heterocycles. The van der Waals surface area contributed by atoms with Gasteiger partial charge in [0, 0.05) is 0 Å². The Kier molecular flexibility index (Phi) is 61.4. The second-order valence-electron chi connectivity index (χ2n) is 0.676. The second-order valence-corrected chi connectivity index (χ2v) is 1.51. The average molecular weight is 210 g/mol. The molecule has 7 heteroatoms. The summed E-state index contributed by atoms with van der Waals surface area (Å²) < 4.78 is 0. The van der Waals surface area contributed by atoms with Crippen LogP contribution < -0.4 is 11.5 Å². The van der Waals surface area contributed by atoms with E-state index in [0.29, 0.717) is 0 Å². The molecule has 0 radical (unpaired) electrons. The summed E-state index contributed by atoms with van der Waals surface area (Å²) >= 11 is 7.74. The first-order valence-corrected chi connectivity index (χ1v) is 2.25. The van der Waals surface area contributed by atoms with Gasteiger partial charge in [-0.3, -0.25) is 0 Å². The molecule has 0 aromatic rings. The molecule has 0 aliphatic carbocycles. The SMILES string of the molecule is C.C.NC(O)=S.NC(O)=S.[NaH]. The fraction of sp³-hybridized carbons (Fsp3) is 0.500. The quantitative estimate of drug-likeness (QED) is 0.337. The number of thiocarbonyl (C=S) groups is 2. The van der Waals surface area contributed by atoms with Gasteiger partial charge in [0.2, 0.25) is 0 Å². The zero-order valence-corrected chi connectivity index (χ0v) is 5.50. The van der Waals surface area contributed by atoms with Crippen molar-refractivity contribution in [1.82, 2.24) is 0 Å². The minimum absolute atomic E-state index is 0. The van der Waals surface area contributed by atoms with Crippen molar-refractivity contribution in [2.24, 2.45) is 11.5 Å². The number of rotatable bonds is 0. The maximum absolute atomic E-state index is 7.56. The fourth-order valence-electron chi connectivity index (χ4n) is 0. The van der Waals surface area contributed by atoms with Crippen molar-refractivity contribution in [2.75, 3.05) is 0 Å². The van der Waals surface area contributed by atoms with Crippen LogP contribution >= 0.6 is 24.4 Å². The van der Waals surface area contributed by atoms with E-state index in [0.717, 1.165) is 0 Å². The van der Waals surface area contributed by atoms with Crippen LogP contribution in [0.5, 0.6) is 0 Å². The van der Waals surface area contributed by atoms with Gasteiger partial charge in [-0.1, -0.05) is 14.9 Å². The van der Waals surface area contributed by atoms with Crippen LogP contribution in [0.3, 0.4) is 0 Å². The van der Waals surface area contributed by atoms with Gasteiger partial charge in [-0.05, 0) is 24.4 Å². The van der Waals surface area contributed by atoms with E-state index in [-0.39, 0.29) is 44.4 Å². The van der Waals surface area contributed by atoms with Gasteiger partial charge in [0.15, 0.2) is 0 Å². The molecule has 0 rings (SSSR count). The summed E-state index contributed by atoms with van der Waals surface area (Å²) in [6.45, 7) is 0. The van der Waals surface area contributed by atoms with Crippen LogP contribution in [-0.4, -0.2) is 50.1 Å². The molecule has 0 saturated carbocycles. The Labute approximate surface area is 100 Å². The third-order valence-corrected chi connectivity index (χ3v) is 0. The third-order valence-electron chi connectivity index (χ3n) is 0. The number of nitrogens with two attached hydrogens (primary N) is 2. The van der Waals surface area contributed by atoms with Crippen molar-refractivity contribution in [1.29, 1.82) is 0 Å². The van der Waals surface area contributed by atoms with Crippen molar-refractivity contribution in [2.45, 2.75) is 14.9 Å². The number of hydrogen-bond acceptors (Lipinski definition) is 2. The van der Waals surface area contributed by atoms with Crippen molar-refractivity contribution in [3.05, 3.63) is 0 Å². The van der Waals surface area contributed by atoms with Crippen LogP contribution in [-0.2, 0) is 0 Å². The van der Waals surface area contributed by atoms with Crippen LogP contribution in [0.4, 0.5) is 0 Å². The van der Waals surface area contributed by atoms with E-state index in [1.807, 2.05) is 0 Å². The Bertz CT molecular complexity index is 82.1. The fourth-order valence-corrected chi connectivity index (χ4v) is 0. The van der Waals surface area contributed by atoms with Gasteiger partial charge >= 0.3 is 29.6 Å². The molecule has 0 atom stereocenters. The predicted octanol–water partition coefficient (Wildman–Crippen LogP) is 0.200. The first-order valence-electron chi connectivity index (χ1n) is 1.43. The van der Waals surface area contributed by atoms with Crippen LogP contribution in [0.2, 0.25) is 0 Å². The van der Waals surface area contributed by atoms with E-state index < -0.39 is 10.3 Å².